The molecule has 0 spiro atoms. The van der Waals surface area contributed by atoms with Gasteiger partial charge in [-0.2, -0.15) is 0 Å². The molecule has 1 unspecified atom stereocenters. The molecule has 0 saturated heterocycles. The first-order chi connectivity index (χ1) is 9.40. The van der Waals surface area contributed by atoms with Gasteiger partial charge in [-0.05, 0) is 11.9 Å². The van der Waals surface area contributed by atoms with Crippen molar-refractivity contribution in [3.63, 3.8) is 0 Å². The first kappa shape index (κ1) is 11.9. The summed E-state index contributed by atoms with van der Waals surface area (Å²) in [6.07, 6.45) is 7.43. The van der Waals surface area contributed by atoms with Crippen LogP contribution in [0.1, 0.15) is 24.4 Å². The van der Waals surface area contributed by atoms with Crippen LogP contribution >= 0.6 is 0 Å². The average Bonchev–Trinajstić information content (AvgIpc) is 2.98. The standard InChI is InChI=1S/C15H16N4/c1-2-17-14(15-18-7-8-19-15)13-10-16-9-11-5-3-4-6-12(11)13/h3-10,14,17H,2H2,1H3,(H,18,19). The number of fused-ring (bicyclic) bond motifs is 1. The Morgan fingerprint density at radius 3 is 2.95 bits per heavy atom. The first-order valence-corrected chi connectivity index (χ1v) is 6.45. The van der Waals surface area contributed by atoms with Crippen molar-refractivity contribution in [2.24, 2.45) is 0 Å². The molecule has 3 aromatic rings. The van der Waals surface area contributed by atoms with Gasteiger partial charge in [0.25, 0.3) is 0 Å². The summed E-state index contributed by atoms with van der Waals surface area (Å²) in [5.74, 6) is 0.917. The molecule has 0 aliphatic rings. The van der Waals surface area contributed by atoms with E-state index in [2.05, 4.69) is 45.4 Å². The van der Waals surface area contributed by atoms with E-state index < -0.39 is 0 Å². The number of nitrogens with zero attached hydrogens (tertiary/aromatic N) is 2. The van der Waals surface area contributed by atoms with E-state index in [0.29, 0.717) is 0 Å². The molecule has 4 heteroatoms. The lowest BCUT2D eigenvalue weighted by atomic mass is 10.0. The molecule has 1 aromatic carbocycles. The fourth-order valence-electron chi connectivity index (χ4n) is 2.36. The zero-order chi connectivity index (χ0) is 13.1. The third kappa shape index (κ3) is 2.22. The SMILES string of the molecule is CCNC(c1ncc[nH]1)c1cncc2ccccc12. The number of nitrogens with one attached hydrogen (secondary N) is 2. The molecule has 4 nitrogen and oxygen atoms in total. The second-order valence-electron chi connectivity index (χ2n) is 4.41. The summed E-state index contributed by atoms with van der Waals surface area (Å²) in [5.41, 5.74) is 1.15. The maximum absolute atomic E-state index is 4.37. The molecule has 0 saturated carbocycles. The molecule has 0 aliphatic heterocycles. The number of pyridine rings is 1. The molecular weight excluding hydrogens is 236 g/mol. The van der Waals surface area contributed by atoms with E-state index in [1.807, 2.05) is 24.7 Å². The summed E-state index contributed by atoms with van der Waals surface area (Å²) in [4.78, 5) is 11.9. The van der Waals surface area contributed by atoms with Gasteiger partial charge in [0.1, 0.15) is 5.82 Å². The van der Waals surface area contributed by atoms with Gasteiger partial charge in [0, 0.05) is 35.7 Å². The maximum Gasteiger partial charge on any atom is 0.127 e. The molecule has 2 aromatic heterocycles. The molecule has 0 radical (unpaired) electrons. The topological polar surface area (TPSA) is 53.6 Å². The van der Waals surface area contributed by atoms with Crippen LogP contribution in [0.25, 0.3) is 10.8 Å². The summed E-state index contributed by atoms with van der Waals surface area (Å²) in [5, 5.41) is 5.82. The lowest BCUT2D eigenvalue weighted by molar-refractivity contribution is 0.605. The highest BCUT2D eigenvalue weighted by Gasteiger charge is 2.17. The second kappa shape index (κ2) is 5.20. The number of rotatable bonds is 4. The van der Waals surface area contributed by atoms with E-state index >= 15 is 0 Å². The van der Waals surface area contributed by atoms with E-state index in [-0.39, 0.29) is 6.04 Å². The summed E-state index contributed by atoms with van der Waals surface area (Å²) in [7, 11) is 0. The number of imidazole rings is 1. The van der Waals surface area contributed by atoms with Gasteiger partial charge in [0.05, 0.1) is 6.04 Å². The predicted octanol–water partition coefficient (Wildman–Crippen LogP) is 2.66. The zero-order valence-corrected chi connectivity index (χ0v) is 10.8. The summed E-state index contributed by atoms with van der Waals surface area (Å²) in [6, 6.07) is 8.33. The molecule has 2 heterocycles. The maximum atomic E-state index is 4.37. The van der Waals surface area contributed by atoms with Gasteiger partial charge in [-0.25, -0.2) is 4.98 Å². The highest BCUT2D eigenvalue weighted by atomic mass is 15.0. The van der Waals surface area contributed by atoms with Crippen LogP contribution in [-0.4, -0.2) is 21.5 Å². The van der Waals surface area contributed by atoms with Gasteiger partial charge >= 0.3 is 0 Å². The zero-order valence-electron chi connectivity index (χ0n) is 10.8. The Balaban J connectivity index is 2.15. The monoisotopic (exact) mass is 252 g/mol. The Kier molecular flexibility index (Phi) is 3.25. The van der Waals surface area contributed by atoms with Crippen molar-refractivity contribution >= 4 is 10.8 Å². The van der Waals surface area contributed by atoms with E-state index in [1.165, 1.54) is 5.39 Å². The Morgan fingerprint density at radius 2 is 2.16 bits per heavy atom. The fraction of sp³-hybridized carbons (Fsp3) is 0.200. The molecule has 0 bridgehead atoms. The molecular formula is C15H16N4. The minimum atomic E-state index is 0.0404. The van der Waals surface area contributed by atoms with Gasteiger partial charge < -0.3 is 10.3 Å². The van der Waals surface area contributed by atoms with Gasteiger partial charge in [-0.3, -0.25) is 4.98 Å². The Hall–Kier alpha value is -2.20. The van der Waals surface area contributed by atoms with E-state index in [1.54, 1.807) is 6.20 Å². The summed E-state index contributed by atoms with van der Waals surface area (Å²) < 4.78 is 0. The van der Waals surface area contributed by atoms with Gasteiger partial charge in [0.15, 0.2) is 0 Å². The number of hydrogen-bond donors (Lipinski definition) is 2. The highest BCUT2D eigenvalue weighted by Crippen LogP contribution is 2.26. The first-order valence-electron chi connectivity index (χ1n) is 6.45. The molecule has 96 valence electrons. The van der Waals surface area contributed by atoms with Crippen molar-refractivity contribution in [3.8, 4) is 0 Å². The number of benzene rings is 1. The lowest BCUT2D eigenvalue weighted by Crippen LogP contribution is -2.23. The van der Waals surface area contributed by atoms with Crippen molar-refractivity contribution in [1.29, 1.82) is 0 Å². The van der Waals surface area contributed by atoms with Crippen molar-refractivity contribution in [1.82, 2.24) is 20.3 Å². The molecule has 1 atom stereocenters. The van der Waals surface area contributed by atoms with Crippen LogP contribution < -0.4 is 5.32 Å². The minimum absolute atomic E-state index is 0.0404. The van der Waals surface area contributed by atoms with Crippen molar-refractivity contribution < 1.29 is 0 Å². The van der Waals surface area contributed by atoms with E-state index in [4.69, 9.17) is 0 Å². The van der Waals surface area contributed by atoms with Crippen LogP contribution in [0.2, 0.25) is 0 Å². The number of hydrogen-bond acceptors (Lipinski definition) is 3. The molecule has 0 aliphatic carbocycles. The van der Waals surface area contributed by atoms with Gasteiger partial charge in [0.2, 0.25) is 0 Å². The number of aromatic nitrogens is 3. The van der Waals surface area contributed by atoms with Crippen molar-refractivity contribution in [2.75, 3.05) is 6.54 Å². The smallest absolute Gasteiger partial charge is 0.127 e. The van der Waals surface area contributed by atoms with E-state index in [9.17, 15) is 0 Å². The number of H-pyrrole nitrogens is 1. The highest BCUT2D eigenvalue weighted by molar-refractivity contribution is 5.85. The Bertz CT molecular complexity index is 655. The van der Waals surface area contributed by atoms with Crippen LogP contribution in [0, 0.1) is 0 Å². The minimum Gasteiger partial charge on any atom is -0.347 e. The molecule has 3 rings (SSSR count). The van der Waals surface area contributed by atoms with Crippen molar-refractivity contribution in [2.45, 2.75) is 13.0 Å². The third-order valence-electron chi connectivity index (χ3n) is 3.21. The predicted molar refractivity (Wildman–Crippen MR) is 75.9 cm³/mol. The van der Waals surface area contributed by atoms with Crippen LogP contribution in [0.15, 0.2) is 49.1 Å². The van der Waals surface area contributed by atoms with Crippen LogP contribution in [0.4, 0.5) is 0 Å². The van der Waals surface area contributed by atoms with Crippen LogP contribution in [-0.2, 0) is 0 Å². The fourth-order valence-corrected chi connectivity index (χ4v) is 2.36. The third-order valence-corrected chi connectivity index (χ3v) is 3.21. The summed E-state index contributed by atoms with van der Waals surface area (Å²) >= 11 is 0. The van der Waals surface area contributed by atoms with Crippen LogP contribution in [0.5, 0.6) is 0 Å². The average molecular weight is 252 g/mol. The second-order valence-corrected chi connectivity index (χ2v) is 4.41. The molecule has 2 N–H and O–H groups in total. The van der Waals surface area contributed by atoms with Crippen molar-refractivity contribution in [3.05, 3.63) is 60.4 Å². The lowest BCUT2D eigenvalue weighted by Gasteiger charge is -2.17. The number of aromatic amines is 1. The normalized spacial score (nSPS) is 12.7. The Labute approximate surface area is 111 Å². The van der Waals surface area contributed by atoms with E-state index in [0.717, 1.165) is 23.3 Å². The Morgan fingerprint density at radius 1 is 1.26 bits per heavy atom. The largest absolute Gasteiger partial charge is 0.347 e. The molecule has 0 fully saturated rings. The molecule has 19 heavy (non-hydrogen) atoms. The van der Waals surface area contributed by atoms with Gasteiger partial charge in [-0.1, -0.05) is 31.2 Å². The molecule has 0 amide bonds. The quantitative estimate of drug-likeness (QED) is 0.750. The van der Waals surface area contributed by atoms with Crippen LogP contribution in [0.3, 0.4) is 0 Å². The summed E-state index contributed by atoms with van der Waals surface area (Å²) in [6.45, 7) is 2.96. The van der Waals surface area contributed by atoms with Gasteiger partial charge in [-0.15, -0.1) is 0 Å².